The summed E-state index contributed by atoms with van der Waals surface area (Å²) in [4.78, 5) is 0. The van der Waals surface area contributed by atoms with Gasteiger partial charge in [-0.3, -0.25) is 0 Å². The van der Waals surface area contributed by atoms with Crippen molar-refractivity contribution >= 4 is 23.5 Å². The number of thioether (sulfide) groups is 2. The number of hydrogen-bond acceptors (Lipinski definition) is 4. The normalized spacial score (nSPS) is 18.6. The second-order valence-electron chi connectivity index (χ2n) is 4.44. The smallest absolute Gasteiger partial charge is 0.133 e. The lowest BCUT2D eigenvalue weighted by molar-refractivity contribution is 0.177. The fraction of sp³-hybridized carbons (Fsp3) is 0.833. The van der Waals surface area contributed by atoms with Crippen LogP contribution >= 0.6 is 23.5 Å². The molecule has 1 aliphatic rings. The van der Waals surface area contributed by atoms with Gasteiger partial charge in [0.05, 0.1) is 0 Å². The molecule has 0 unspecified atom stereocenters. The molecule has 0 aromatic carbocycles. The van der Waals surface area contributed by atoms with Crippen LogP contribution in [0.1, 0.15) is 44.9 Å². The monoisotopic (exact) mass is 254 g/mol. The molecule has 0 aromatic rings. The van der Waals surface area contributed by atoms with Crippen LogP contribution in [0.2, 0.25) is 0 Å². The fourth-order valence-electron chi connectivity index (χ4n) is 2.55. The van der Waals surface area contributed by atoms with Crippen LogP contribution in [-0.4, -0.2) is 11.5 Å². The van der Waals surface area contributed by atoms with E-state index in [4.69, 9.17) is 10.5 Å². The van der Waals surface area contributed by atoms with Crippen molar-refractivity contribution in [1.29, 1.82) is 10.5 Å². The highest BCUT2D eigenvalue weighted by Gasteiger charge is 2.30. The summed E-state index contributed by atoms with van der Waals surface area (Å²) in [6, 6.07) is 0. The number of thiocyanates is 2. The third-order valence-electron chi connectivity index (χ3n) is 3.51. The third-order valence-corrected chi connectivity index (χ3v) is 4.59. The van der Waals surface area contributed by atoms with Crippen molar-refractivity contribution < 1.29 is 0 Å². The van der Waals surface area contributed by atoms with Gasteiger partial charge in [0.25, 0.3) is 0 Å². The highest BCUT2D eigenvalue weighted by atomic mass is 32.2. The van der Waals surface area contributed by atoms with Gasteiger partial charge < -0.3 is 0 Å². The van der Waals surface area contributed by atoms with Gasteiger partial charge >= 0.3 is 0 Å². The van der Waals surface area contributed by atoms with E-state index in [1.807, 2.05) is 0 Å². The molecule has 0 aromatic heterocycles. The molecule has 88 valence electrons. The maximum Gasteiger partial charge on any atom is 0.133 e. The molecule has 0 spiro atoms. The van der Waals surface area contributed by atoms with Crippen LogP contribution in [0, 0.1) is 26.7 Å². The van der Waals surface area contributed by atoms with Crippen LogP contribution in [0.25, 0.3) is 0 Å². The molecule has 0 aliphatic heterocycles. The van der Waals surface area contributed by atoms with Gasteiger partial charge in [0.2, 0.25) is 0 Å². The van der Waals surface area contributed by atoms with E-state index >= 15 is 0 Å². The third kappa shape index (κ3) is 4.68. The zero-order chi connectivity index (χ0) is 11.7. The summed E-state index contributed by atoms with van der Waals surface area (Å²) < 4.78 is 0. The Balaban J connectivity index is 2.40. The summed E-state index contributed by atoms with van der Waals surface area (Å²) >= 11 is 2.75. The average molecular weight is 254 g/mol. The highest BCUT2D eigenvalue weighted by Crippen LogP contribution is 2.43. The number of nitriles is 2. The van der Waals surface area contributed by atoms with Gasteiger partial charge in [-0.25, -0.2) is 0 Å². The predicted octanol–water partition coefficient (Wildman–Crippen LogP) is 4.15. The predicted molar refractivity (Wildman–Crippen MR) is 70.9 cm³/mol. The van der Waals surface area contributed by atoms with Crippen LogP contribution in [-0.2, 0) is 0 Å². The SMILES string of the molecule is N#CSCCC1(CCSC#N)CCCCC1. The van der Waals surface area contributed by atoms with Gasteiger partial charge in [0, 0.05) is 11.5 Å². The van der Waals surface area contributed by atoms with Crippen molar-refractivity contribution in [3.05, 3.63) is 0 Å². The fourth-order valence-corrected chi connectivity index (χ4v) is 3.81. The summed E-state index contributed by atoms with van der Waals surface area (Å²) in [5.74, 6) is 1.90. The molecule has 1 aliphatic carbocycles. The Hall–Kier alpha value is -0.320. The van der Waals surface area contributed by atoms with E-state index in [1.54, 1.807) is 0 Å². The van der Waals surface area contributed by atoms with Crippen LogP contribution in [0.5, 0.6) is 0 Å². The molecular weight excluding hydrogens is 236 g/mol. The molecule has 0 heterocycles. The largest absolute Gasteiger partial charge is 0.185 e. The Labute approximate surface area is 107 Å². The Kier molecular flexibility index (Phi) is 6.76. The standard InChI is InChI=1S/C12H18N2S2/c13-10-15-8-6-12(7-9-16-11-14)4-2-1-3-5-12/h1-9H2. The molecule has 0 saturated heterocycles. The van der Waals surface area contributed by atoms with Crippen molar-refractivity contribution in [3.8, 4) is 10.8 Å². The molecule has 1 fully saturated rings. The first-order chi connectivity index (χ1) is 7.83. The van der Waals surface area contributed by atoms with E-state index in [1.165, 1.54) is 55.6 Å². The Morgan fingerprint density at radius 2 is 1.38 bits per heavy atom. The lowest BCUT2D eigenvalue weighted by Crippen LogP contribution is -2.25. The van der Waals surface area contributed by atoms with Gasteiger partial charge in [-0.2, -0.15) is 10.5 Å². The zero-order valence-electron chi connectivity index (χ0n) is 9.57. The van der Waals surface area contributed by atoms with E-state index in [0.717, 1.165) is 24.3 Å². The molecule has 1 rings (SSSR count). The molecule has 2 nitrogen and oxygen atoms in total. The van der Waals surface area contributed by atoms with Crippen molar-refractivity contribution in [2.24, 2.45) is 5.41 Å². The van der Waals surface area contributed by atoms with Crippen LogP contribution in [0.15, 0.2) is 0 Å². The first-order valence-electron chi connectivity index (χ1n) is 5.85. The minimum Gasteiger partial charge on any atom is -0.185 e. The van der Waals surface area contributed by atoms with Crippen LogP contribution in [0.4, 0.5) is 0 Å². The summed E-state index contributed by atoms with van der Waals surface area (Å²) in [6.45, 7) is 0. The average Bonchev–Trinajstić information content (AvgIpc) is 2.31. The molecule has 4 heteroatoms. The lowest BCUT2D eigenvalue weighted by atomic mass is 9.70. The molecule has 0 N–H and O–H groups in total. The number of hydrogen-bond donors (Lipinski definition) is 0. The summed E-state index contributed by atoms with van der Waals surface area (Å²) in [5, 5.41) is 21.4. The maximum atomic E-state index is 8.56. The molecule has 1 saturated carbocycles. The molecule has 0 amide bonds. The number of nitrogens with zero attached hydrogens (tertiary/aromatic N) is 2. The van der Waals surface area contributed by atoms with Gasteiger partial charge in [-0.1, -0.05) is 19.3 Å². The number of rotatable bonds is 6. The lowest BCUT2D eigenvalue weighted by Gasteiger charge is -2.37. The molecule has 16 heavy (non-hydrogen) atoms. The Bertz CT molecular complexity index is 250. The van der Waals surface area contributed by atoms with Gasteiger partial charge in [-0.15, -0.1) is 0 Å². The minimum absolute atomic E-state index is 0.436. The van der Waals surface area contributed by atoms with Crippen molar-refractivity contribution in [1.82, 2.24) is 0 Å². The highest BCUT2D eigenvalue weighted by molar-refractivity contribution is 8.03. The van der Waals surface area contributed by atoms with E-state index < -0.39 is 0 Å². The van der Waals surface area contributed by atoms with E-state index in [0.29, 0.717) is 5.41 Å². The molecular formula is C12H18N2S2. The van der Waals surface area contributed by atoms with Crippen molar-refractivity contribution in [3.63, 3.8) is 0 Å². The molecule has 0 atom stereocenters. The Morgan fingerprint density at radius 3 is 1.81 bits per heavy atom. The molecule has 0 radical (unpaired) electrons. The van der Waals surface area contributed by atoms with Crippen LogP contribution < -0.4 is 0 Å². The van der Waals surface area contributed by atoms with Crippen LogP contribution in [0.3, 0.4) is 0 Å². The van der Waals surface area contributed by atoms with E-state index in [-0.39, 0.29) is 0 Å². The second kappa shape index (κ2) is 7.87. The van der Waals surface area contributed by atoms with Crippen molar-refractivity contribution in [2.75, 3.05) is 11.5 Å². The Morgan fingerprint density at radius 1 is 0.875 bits per heavy atom. The second-order valence-corrected chi connectivity index (χ2v) is 6.20. The van der Waals surface area contributed by atoms with Crippen molar-refractivity contribution in [2.45, 2.75) is 44.9 Å². The van der Waals surface area contributed by atoms with E-state index in [2.05, 4.69) is 10.8 Å². The topological polar surface area (TPSA) is 47.6 Å². The first-order valence-corrected chi connectivity index (χ1v) is 7.82. The minimum atomic E-state index is 0.436. The molecule has 0 bridgehead atoms. The summed E-state index contributed by atoms with van der Waals surface area (Å²) in [6.07, 6.45) is 8.91. The summed E-state index contributed by atoms with van der Waals surface area (Å²) in [5.41, 5.74) is 0.436. The van der Waals surface area contributed by atoms with Gasteiger partial charge in [0.1, 0.15) is 10.8 Å². The van der Waals surface area contributed by atoms with Gasteiger partial charge in [-0.05, 0) is 54.6 Å². The van der Waals surface area contributed by atoms with E-state index in [9.17, 15) is 0 Å². The first kappa shape index (κ1) is 13.7. The maximum absolute atomic E-state index is 8.56. The quantitative estimate of drug-likeness (QED) is 0.528. The summed E-state index contributed by atoms with van der Waals surface area (Å²) in [7, 11) is 0. The zero-order valence-corrected chi connectivity index (χ0v) is 11.2. The van der Waals surface area contributed by atoms with Gasteiger partial charge in [0.15, 0.2) is 0 Å².